The van der Waals surface area contributed by atoms with E-state index in [9.17, 15) is 0 Å². The van der Waals surface area contributed by atoms with E-state index in [2.05, 4.69) is 4.86 Å². The number of hydrazine groups is 2. The summed E-state index contributed by atoms with van der Waals surface area (Å²) in [6, 6.07) is 5.17. The largest absolute Gasteiger partial charge is 0.441 e. The first-order valence-electron chi connectivity index (χ1n) is 4.78. The van der Waals surface area contributed by atoms with Crippen LogP contribution in [0.3, 0.4) is 0 Å². The molecular weight excluding hydrogens is 293 g/mol. The Morgan fingerprint density at radius 3 is 2.72 bits per heavy atom. The first-order chi connectivity index (χ1) is 8.50. The van der Waals surface area contributed by atoms with Crippen molar-refractivity contribution in [2.45, 2.75) is 0 Å². The highest BCUT2D eigenvalue weighted by Crippen LogP contribution is 2.58. The van der Waals surface area contributed by atoms with Gasteiger partial charge in [0.25, 0.3) is 8.45 Å². The number of anilines is 2. The van der Waals surface area contributed by atoms with Gasteiger partial charge in [0.1, 0.15) is 0 Å². The molecule has 1 aliphatic heterocycles. The smallest absolute Gasteiger partial charge is 0.270 e. The SMILES string of the molecule is Nc1cccc(OP2NPN(N)P(N)N2N)c1N. The molecular formula is C6H15N8OP3. The Bertz CT molecular complexity index is 435. The molecule has 3 unspecified atom stereocenters. The molecule has 0 aromatic heterocycles. The number of nitrogen functional groups attached to an aromatic ring is 2. The molecule has 9 nitrogen and oxygen atoms in total. The van der Waals surface area contributed by atoms with Crippen LogP contribution in [0.5, 0.6) is 5.75 Å². The van der Waals surface area contributed by atoms with Gasteiger partial charge < -0.3 is 16.0 Å². The van der Waals surface area contributed by atoms with E-state index < -0.39 is 16.8 Å². The molecule has 1 heterocycles. The van der Waals surface area contributed by atoms with Crippen molar-refractivity contribution in [1.29, 1.82) is 0 Å². The van der Waals surface area contributed by atoms with Gasteiger partial charge in [0.2, 0.25) is 0 Å². The van der Waals surface area contributed by atoms with Gasteiger partial charge in [0.15, 0.2) is 14.1 Å². The van der Waals surface area contributed by atoms with E-state index >= 15 is 0 Å². The molecule has 0 aliphatic carbocycles. The topological polar surface area (TPSA) is 158 Å². The summed E-state index contributed by atoms with van der Waals surface area (Å²) >= 11 is 0. The van der Waals surface area contributed by atoms with Crippen LogP contribution in [-0.2, 0) is 0 Å². The number of benzene rings is 1. The van der Waals surface area contributed by atoms with Gasteiger partial charge in [-0.1, -0.05) is 6.07 Å². The molecule has 1 fully saturated rings. The summed E-state index contributed by atoms with van der Waals surface area (Å²) in [4.78, 5) is 3.06. The van der Waals surface area contributed by atoms with Gasteiger partial charge in [-0.2, -0.15) is 4.55 Å². The van der Waals surface area contributed by atoms with Gasteiger partial charge in [-0.05, 0) is 12.1 Å². The zero-order chi connectivity index (χ0) is 13.3. The van der Waals surface area contributed by atoms with Gasteiger partial charge in [0.05, 0.1) is 20.3 Å². The fourth-order valence-electron chi connectivity index (χ4n) is 1.18. The van der Waals surface area contributed by atoms with Crippen LogP contribution in [0.4, 0.5) is 11.4 Å². The molecule has 2 rings (SSSR count). The average Bonchev–Trinajstić information content (AvgIpc) is 2.35. The fourth-order valence-corrected chi connectivity index (χ4v) is 5.91. The summed E-state index contributed by atoms with van der Waals surface area (Å²) in [7, 11) is -2.40. The average molecular weight is 308 g/mol. The van der Waals surface area contributed by atoms with Crippen LogP contribution in [0, 0.1) is 0 Å². The van der Waals surface area contributed by atoms with E-state index in [4.69, 9.17) is 33.2 Å². The van der Waals surface area contributed by atoms with Crippen molar-refractivity contribution in [1.82, 2.24) is 14.0 Å². The lowest BCUT2D eigenvalue weighted by atomic mass is 10.2. The molecule has 0 bridgehead atoms. The minimum absolute atomic E-state index is 0.143. The van der Waals surface area contributed by atoms with Crippen molar-refractivity contribution in [2.24, 2.45) is 17.2 Å². The lowest BCUT2D eigenvalue weighted by molar-refractivity contribution is 0.534. The van der Waals surface area contributed by atoms with Crippen molar-refractivity contribution in [3.05, 3.63) is 18.2 Å². The second-order valence-electron chi connectivity index (χ2n) is 3.33. The number of nitrogens with two attached hydrogens (primary N) is 5. The Kier molecular flexibility index (Phi) is 4.50. The quantitative estimate of drug-likeness (QED) is 0.253. The molecule has 1 saturated heterocycles. The van der Waals surface area contributed by atoms with Gasteiger partial charge in [0, 0.05) is 0 Å². The number of hydrogen-bond donors (Lipinski definition) is 6. The maximum atomic E-state index is 5.85. The number of nitrogens with zero attached hydrogens (tertiary/aromatic N) is 2. The number of para-hydroxylation sites is 1. The summed E-state index contributed by atoms with van der Waals surface area (Å²) < 4.78 is 8.53. The summed E-state index contributed by atoms with van der Waals surface area (Å²) in [5.74, 6) is 12.0. The lowest BCUT2D eigenvalue weighted by Crippen LogP contribution is -2.41. The summed E-state index contributed by atoms with van der Waals surface area (Å²) in [5, 5.41) is 0. The Morgan fingerprint density at radius 2 is 2.00 bits per heavy atom. The second kappa shape index (κ2) is 5.75. The number of rotatable bonds is 2. The predicted molar refractivity (Wildman–Crippen MR) is 77.4 cm³/mol. The Morgan fingerprint density at radius 1 is 1.28 bits per heavy atom. The highest BCUT2D eigenvalue weighted by atomic mass is 31.3. The van der Waals surface area contributed by atoms with E-state index in [1.54, 1.807) is 18.2 Å². The second-order valence-corrected chi connectivity index (χ2v) is 8.29. The van der Waals surface area contributed by atoms with E-state index in [-0.39, 0.29) is 8.88 Å². The van der Waals surface area contributed by atoms with Gasteiger partial charge in [-0.15, -0.1) is 4.55 Å². The third-order valence-corrected chi connectivity index (χ3v) is 7.11. The van der Waals surface area contributed by atoms with Crippen molar-refractivity contribution in [3.63, 3.8) is 0 Å². The Hall–Kier alpha value is -0.330. The van der Waals surface area contributed by atoms with Gasteiger partial charge in [-0.3, -0.25) is 17.2 Å². The van der Waals surface area contributed by atoms with Crippen molar-refractivity contribution < 1.29 is 4.52 Å². The van der Waals surface area contributed by atoms with Crippen LogP contribution in [0.15, 0.2) is 18.2 Å². The van der Waals surface area contributed by atoms with Crippen LogP contribution in [0.2, 0.25) is 0 Å². The van der Waals surface area contributed by atoms with Crippen LogP contribution >= 0.6 is 25.7 Å². The zero-order valence-corrected chi connectivity index (χ0v) is 12.1. The van der Waals surface area contributed by atoms with E-state index in [0.29, 0.717) is 17.1 Å². The van der Waals surface area contributed by atoms with Crippen LogP contribution in [0.25, 0.3) is 0 Å². The minimum Gasteiger partial charge on any atom is -0.441 e. The number of hydrogen-bond acceptors (Lipinski definition) is 9. The molecule has 100 valence electrons. The van der Waals surface area contributed by atoms with Crippen LogP contribution in [0.1, 0.15) is 0 Å². The highest BCUT2D eigenvalue weighted by molar-refractivity contribution is 7.75. The lowest BCUT2D eigenvalue weighted by Gasteiger charge is -2.39. The molecule has 3 atom stereocenters. The van der Waals surface area contributed by atoms with Crippen LogP contribution in [-0.4, -0.2) is 9.10 Å². The number of nitrogens with one attached hydrogen (secondary N) is 1. The monoisotopic (exact) mass is 308 g/mol. The van der Waals surface area contributed by atoms with Crippen molar-refractivity contribution >= 4 is 37.1 Å². The molecule has 1 aliphatic rings. The third-order valence-electron chi connectivity index (χ3n) is 2.16. The maximum Gasteiger partial charge on any atom is 0.270 e. The van der Waals surface area contributed by atoms with E-state index in [0.717, 1.165) is 0 Å². The summed E-state index contributed by atoms with van der Waals surface area (Å²) in [6.45, 7) is 0. The zero-order valence-electron chi connectivity index (χ0n) is 9.32. The summed E-state index contributed by atoms with van der Waals surface area (Å²) in [6.07, 6.45) is 0. The molecule has 18 heavy (non-hydrogen) atoms. The fraction of sp³-hybridized carbons (Fsp3) is 0. The molecule has 11 N–H and O–H groups in total. The first kappa shape index (κ1) is 14.1. The van der Waals surface area contributed by atoms with Crippen LogP contribution < -0.4 is 38.0 Å². The third kappa shape index (κ3) is 2.81. The predicted octanol–water partition coefficient (Wildman–Crippen LogP) is 0.105. The van der Waals surface area contributed by atoms with Gasteiger partial charge >= 0.3 is 0 Å². The first-order valence-corrected chi connectivity index (χ1v) is 8.26. The summed E-state index contributed by atoms with van der Waals surface area (Å²) in [5.41, 5.74) is 18.2. The van der Waals surface area contributed by atoms with Crippen molar-refractivity contribution in [3.8, 4) is 5.75 Å². The van der Waals surface area contributed by atoms with E-state index in [1.807, 2.05) is 0 Å². The maximum absolute atomic E-state index is 5.85. The molecule has 1 aromatic rings. The van der Waals surface area contributed by atoms with Crippen molar-refractivity contribution in [2.75, 3.05) is 11.5 Å². The normalized spacial score (nSPS) is 27.5. The molecule has 1 aromatic carbocycles. The Balaban J connectivity index is 2.12. The standard InChI is InChI=1S/C6H15N8OP3/c7-4-2-1-3-5(6(4)8)15-18-12-16-13(9)17(11)14(18)10/h1-3,12,16H,7-11H2. The molecule has 0 radical (unpaired) electrons. The highest BCUT2D eigenvalue weighted by Gasteiger charge is 2.33. The van der Waals surface area contributed by atoms with E-state index in [1.165, 1.54) is 9.10 Å². The molecule has 0 amide bonds. The Labute approximate surface area is 109 Å². The minimum atomic E-state index is -1.28. The van der Waals surface area contributed by atoms with Gasteiger partial charge in [-0.25, -0.2) is 4.86 Å². The molecule has 0 saturated carbocycles. The molecule has 12 heteroatoms. The molecule has 0 spiro atoms.